The van der Waals surface area contributed by atoms with Gasteiger partial charge in [-0.25, -0.2) is 4.68 Å². The van der Waals surface area contributed by atoms with Crippen molar-refractivity contribution in [3.63, 3.8) is 0 Å². The summed E-state index contributed by atoms with van der Waals surface area (Å²) >= 11 is 1.58. The van der Waals surface area contributed by atoms with Crippen molar-refractivity contribution in [3.05, 3.63) is 0 Å². The molecule has 1 rings (SSSR count). The van der Waals surface area contributed by atoms with E-state index in [0.717, 1.165) is 30.5 Å². The van der Waals surface area contributed by atoms with Crippen LogP contribution < -0.4 is 0 Å². The van der Waals surface area contributed by atoms with Crippen LogP contribution in [-0.4, -0.2) is 50.9 Å². The molecule has 1 aromatic rings. The van der Waals surface area contributed by atoms with Crippen LogP contribution in [0.1, 0.15) is 13.3 Å². The third-order valence-corrected chi connectivity index (χ3v) is 2.72. The van der Waals surface area contributed by atoms with Crippen LogP contribution in [0, 0.1) is 0 Å². The summed E-state index contributed by atoms with van der Waals surface area (Å²) in [6.45, 7) is 4.01. The minimum atomic E-state index is 0.0531. The average Bonchev–Trinajstić information content (AvgIpc) is 2.66. The molecule has 6 nitrogen and oxygen atoms in total. The normalized spacial score (nSPS) is 10.8. The van der Waals surface area contributed by atoms with E-state index in [0.29, 0.717) is 6.54 Å². The molecule has 15 heavy (non-hydrogen) atoms. The Morgan fingerprint density at radius 1 is 1.53 bits per heavy atom. The van der Waals surface area contributed by atoms with E-state index in [1.54, 1.807) is 16.4 Å². The van der Waals surface area contributed by atoms with Crippen molar-refractivity contribution in [1.29, 1.82) is 0 Å². The molecule has 7 heteroatoms. The third-order valence-electron chi connectivity index (χ3n) is 1.68. The lowest BCUT2D eigenvalue weighted by atomic mass is 10.5. The highest BCUT2D eigenvalue weighted by molar-refractivity contribution is 7.99. The van der Waals surface area contributed by atoms with Crippen LogP contribution in [0.25, 0.3) is 0 Å². The third kappa shape index (κ3) is 4.59. The Morgan fingerprint density at radius 2 is 2.40 bits per heavy atom. The van der Waals surface area contributed by atoms with E-state index in [1.807, 2.05) is 6.92 Å². The van der Waals surface area contributed by atoms with Gasteiger partial charge < -0.3 is 9.84 Å². The Morgan fingerprint density at radius 3 is 3.13 bits per heavy atom. The van der Waals surface area contributed by atoms with Gasteiger partial charge in [0, 0.05) is 19.0 Å². The molecule has 0 unspecified atom stereocenters. The molecule has 1 aromatic heterocycles. The lowest BCUT2D eigenvalue weighted by Crippen LogP contribution is -2.06. The van der Waals surface area contributed by atoms with Gasteiger partial charge in [-0.2, -0.15) is 0 Å². The summed E-state index contributed by atoms with van der Waals surface area (Å²) in [6.07, 6.45) is 0.977. The molecule has 0 bridgehead atoms. The summed E-state index contributed by atoms with van der Waals surface area (Å²) in [6, 6.07) is 0. The highest BCUT2D eigenvalue weighted by atomic mass is 32.2. The lowest BCUT2D eigenvalue weighted by Gasteiger charge is -2.02. The van der Waals surface area contributed by atoms with Gasteiger partial charge in [0.2, 0.25) is 5.16 Å². The first-order chi connectivity index (χ1) is 7.38. The number of hydrogen-bond donors (Lipinski definition) is 1. The first-order valence-corrected chi connectivity index (χ1v) is 5.94. The van der Waals surface area contributed by atoms with Crippen LogP contribution >= 0.6 is 11.8 Å². The fourth-order valence-corrected chi connectivity index (χ4v) is 1.82. The van der Waals surface area contributed by atoms with Crippen LogP contribution in [0.3, 0.4) is 0 Å². The van der Waals surface area contributed by atoms with Crippen molar-refractivity contribution < 1.29 is 9.84 Å². The van der Waals surface area contributed by atoms with Crippen LogP contribution in [0.4, 0.5) is 0 Å². The molecule has 0 atom stereocenters. The van der Waals surface area contributed by atoms with E-state index in [9.17, 15) is 0 Å². The van der Waals surface area contributed by atoms with Crippen molar-refractivity contribution in [2.75, 3.05) is 25.6 Å². The second-order valence-corrected chi connectivity index (χ2v) is 3.87. The summed E-state index contributed by atoms with van der Waals surface area (Å²) < 4.78 is 6.82. The molecule has 0 saturated heterocycles. The minimum absolute atomic E-state index is 0.0531. The molecule has 0 fully saturated rings. The summed E-state index contributed by atoms with van der Waals surface area (Å²) in [5.74, 6) is 0.922. The molecule has 1 N–H and O–H groups in total. The molecular formula is C8H16N4O2S. The quantitative estimate of drug-likeness (QED) is 0.509. The number of aromatic nitrogens is 4. The molecule has 0 aliphatic carbocycles. The monoisotopic (exact) mass is 232 g/mol. The summed E-state index contributed by atoms with van der Waals surface area (Å²) in [4.78, 5) is 0. The maximum atomic E-state index is 8.76. The summed E-state index contributed by atoms with van der Waals surface area (Å²) in [7, 11) is 0. The molecule has 0 aliphatic heterocycles. The number of ether oxygens (including phenoxy) is 1. The zero-order valence-electron chi connectivity index (χ0n) is 8.80. The largest absolute Gasteiger partial charge is 0.394 e. The van der Waals surface area contributed by atoms with Crippen molar-refractivity contribution in [2.24, 2.45) is 0 Å². The predicted octanol–water partition coefficient (Wildman–Crippen LogP) is 0.184. The Kier molecular flexibility index (Phi) is 6.29. The second-order valence-electron chi connectivity index (χ2n) is 2.81. The van der Waals surface area contributed by atoms with E-state index in [-0.39, 0.29) is 6.61 Å². The van der Waals surface area contributed by atoms with Crippen LogP contribution in [0.2, 0.25) is 0 Å². The molecular weight excluding hydrogens is 216 g/mol. The fraction of sp³-hybridized carbons (Fsp3) is 0.875. The Balaban J connectivity index is 2.21. The van der Waals surface area contributed by atoms with Crippen LogP contribution in [-0.2, 0) is 11.3 Å². The standard InChI is InChI=1S/C8H16N4O2S/c1-2-14-6-3-7-15-8-9-10-11-12(8)4-5-13/h13H,2-7H2,1H3. The van der Waals surface area contributed by atoms with E-state index < -0.39 is 0 Å². The zero-order valence-corrected chi connectivity index (χ0v) is 9.61. The predicted molar refractivity (Wildman–Crippen MR) is 56.7 cm³/mol. The number of nitrogens with zero attached hydrogens (tertiary/aromatic N) is 4. The van der Waals surface area contributed by atoms with Crippen molar-refractivity contribution in [1.82, 2.24) is 20.2 Å². The number of aliphatic hydroxyl groups excluding tert-OH is 1. The molecule has 86 valence electrons. The van der Waals surface area contributed by atoms with Gasteiger partial charge in [-0.15, -0.1) is 5.10 Å². The molecule has 1 heterocycles. The SMILES string of the molecule is CCOCCCSc1nnnn1CCO. The number of rotatable bonds is 8. The van der Waals surface area contributed by atoms with E-state index >= 15 is 0 Å². The number of aliphatic hydroxyl groups is 1. The molecule has 0 spiro atoms. The van der Waals surface area contributed by atoms with Gasteiger partial charge >= 0.3 is 0 Å². The van der Waals surface area contributed by atoms with E-state index in [2.05, 4.69) is 15.5 Å². The van der Waals surface area contributed by atoms with E-state index in [1.165, 1.54) is 0 Å². The first-order valence-electron chi connectivity index (χ1n) is 4.96. The lowest BCUT2D eigenvalue weighted by molar-refractivity contribution is 0.149. The molecule has 0 aliphatic rings. The number of tetrazole rings is 1. The summed E-state index contributed by atoms with van der Waals surface area (Å²) in [5, 5.41) is 20.7. The number of hydrogen-bond acceptors (Lipinski definition) is 6. The topological polar surface area (TPSA) is 73.1 Å². The fourth-order valence-electron chi connectivity index (χ4n) is 1.00. The first kappa shape index (κ1) is 12.4. The molecule has 0 amide bonds. The highest BCUT2D eigenvalue weighted by Crippen LogP contribution is 2.14. The van der Waals surface area contributed by atoms with Gasteiger partial charge in [-0.3, -0.25) is 0 Å². The van der Waals surface area contributed by atoms with E-state index in [4.69, 9.17) is 9.84 Å². The zero-order chi connectivity index (χ0) is 10.9. The Labute approximate surface area is 93.0 Å². The van der Waals surface area contributed by atoms with Gasteiger partial charge in [0.05, 0.1) is 13.2 Å². The maximum absolute atomic E-state index is 8.76. The smallest absolute Gasteiger partial charge is 0.209 e. The highest BCUT2D eigenvalue weighted by Gasteiger charge is 2.05. The Bertz CT molecular complexity index is 269. The van der Waals surface area contributed by atoms with Crippen molar-refractivity contribution in [3.8, 4) is 0 Å². The second kappa shape index (κ2) is 7.61. The van der Waals surface area contributed by atoms with Crippen LogP contribution in [0.15, 0.2) is 5.16 Å². The molecule has 0 radical (unpaired) electrons. The number of thioether (sulfide) groups is 1. The van der Waals surface area contributed by atoms with Crippen molar-refractivity contribution in [2.45, 2.75) is 25.0 Å². The van der Waals surface area contributed by atoms with Gasteiger partial charge in [0.25, 0.3) is 0 Å². The van der Waals surface area contributed by atoms with Gasteiger partial charge in [-0.1, -0.05) is 11.8 Å². The molecule has 0 aromatic carbocycles. The Hall–Kier alpha value is -0.660. The van der Waals surface area contributed by atoms with Crippen molar-refractivity contribution >= 4 is 11.8 Å². The maximum Gasteiger partial charge on any atom is 0.209 e. The minimum Gasteiger partial charge on any atom is -0.394 e. The summed E-state index contributed by atoms with van der Waals surface area (Å²) in [5.41, 5.74) is 0. The average molecular weight is 232 g/mol. The van der Waals surface area contributed by atoms with Gasteiger partial charge in [0.1, 0.15) is 0 Å². The molecule has 0 saturated carbocycles. The van der Waals surface area contributed by atoms with Crippen LogP contribution in [0.5, 0.6) is 0 Å². The van der Waals surface area contributed by atoms with Gasteiger partial charge in [0.15, 0.2) is 0 Å². The van der Waals surface area contributed by atoms with Gasteiger partial charge in [-0.05, 0) is 23.8 Å².